The molecule has 0 spiro atoms. The number of alkyl halides is 3. The lowest BCUT2D eigenvalue weighted by molar-refractivity contribution is -0.192. The van der Waals surface area contributed by atoms with Crippen molar-refractivity contribution in [1.82, 2.24) is 42.1 Å². The van der Waals surface area contributed by atoms with E-state index in [1.54, 1.807) is 42.5 Å². The molecule has 0 aromatic heterocycles. The van der Waals surface area contributed by atoms with Crippen molar-refractivity contribution in [2.45, 2.75) is 113 Å². The van der Waals surface area contributed by atoms with Crippen LogP contribution in [-0.2, 0) is 70.4 Å². The Morgan fingerprint density at radius 1 is 0.750 bits per heavy atom. The van der Waals surface area contributed by atoms with Gasteiger partial charge in [-0.15, -0.1) is 0 Å². The maximum atomic E-state index is 14.6. The number of guanidine groups is 1. The van der Waals surface area contributed by atoms with Gasteiger partial charge in [-0.05, 0) is 55.4 Å². The lowest BCUT2D eigenvalue weighted by Crippen LogP contribution is -2.61. The summed E-state index contributed by atoms with van der Waals surface area (Å²) in [4.78, 5) is 162. The highest BCUT2D eigenvalue weighted by Crippen LogP contribution is 2.22. The molecule has 0 unspecified atom stereocenters. The number of aliphatic carboxylic acids is 1. The van der Waals surface area contributed by atoms with Crippen LogP contribution in [0.2, 0.25) is 0 Å². The van der Waals surface area contributed by atoms with E-state index < -0.39 is 145 Å². The van der Waals surface area contributed by atoms with Crippen LogP contribution in [0.3, 0.4) is 0 Å². The average Bonchev–Trinajstić information content (AvgIpc) is 3.88. The first kappa shape index (κ1) is 65.6. The van der Waals surface area contributed by atoms with Gasteiger partial charge in [0, 0.05) is 50.3 Å². The molecule has 0 bridgehead atoms. The summed E-state index contributed by atoms with van der Waals surface area (Å²) in [5.41, 5.74) is 28.1. The summed E-state index contributed by atoms with van der Waals surface area (Å²) >= 11 is 1.03. The molecule has 0 aliphatic carbocycles. The van der Waals surface area contributed by atoms with Crippen LogP contribution in [0.4, 0.5) is 13.2 Å². The van der Waals surface area contributed by atoms with E-state index in [-0.39, 0.29) is 74.8 Å². The summed E-state index contributed by atoms with van der Waals surface area (Å²) in [5, 5.41) is 34.8. The third-order valence-corrected chi connectivity index (χ3v) is 12.8. The maximum absolute atomic E-state index is 14.6. The van der Waals surface area contributed by atoms with E-state index in [2.05, 4.69) is 42.2 Å². The molecular formula is C48H65F3N14O14S. The van der Waals surface area contributed by atoms with Gasteiger partial charge in [0.15, 0.2) is 5.96 Å². The van der Waals surface area contributed by atoms with Gasteiger partial charge in [0.05, 0.1) is 13.0 Å². The van der Waals surface area contributed by atoms with E-state index in [0.717, 1.165) is 11.8 Å². The lowest BCUT2D eigenvalue weighted by Gasteiger charge is -2.30. The number of rotatable bonds is 19. The average molecular weight is 1150 g/mol. The largest absolute Gasteiger partial charge is 0.508 e. The summed E-state index contributed by atoms with van der Waals surface area (Å²) < 4.78 is 31.7. The van der Waals surface area contributed by atoms with Crippen LogP contribution < -0.4 is 65.9 Å². The van der Waals surface area contributed by atoms with Crippen LogP contribution in [0.1, 0.15) is 62.5 Å². The number of hydrogen-bond acceptors (Lipinski definition) is 15. The number of carboxylic acid groups (broad SMARTS) is 1. The molecular weight excluding hydrogens is 1090 g/mol. The van der Waals surface area contributed by atoms with Crippen molar-refractivity contribution in [2.24, 2.45) is 33.7 Å². The number of phenolic OH excluding ortho intramolecular Hbond substituents is 1. The number of primary amides is 3. The second kappa shape index (κ2) is 32.3. The normalized spacial score (nSPS) is 20.8. The Kier molecular flexibility index (Phi) is 26.4. The number of hydrogen-bond donors (Lipinski definition) is 14. The zero-order valence-corrected chi connectivity index (χ0v) is 43.8. The Hall–Kier alpha value is -8.71. The summed E-state index contributed by atoms with van der Waals surface area (Å²) in [7, 11) is 0. The lowest BCUT2D eigenvalue weighted by atomic mass is 10.0. The molecule has 0 radical (unpaired) electrons. The van der Waals surface area contributed by atoms with Crippen LogP contribution >= 0.6 is 11.8 Å². The standard InChI is InChI=1S/C46H64N14O12S.C2HF3O2/c47-35(62)15-14-29-40(67)58-32(22-36(48)63)43(70)59-33(45(72)60-18-5-9-34(60)44(71)56-28(8-4-17-52-46(50)51)39(66)53-23-37(49)64)24-73-19-16-38(65)54-30(21-26-10-12-27(61)13-11-26)41(68)57-31(42(69)55-29)20-25-6-2-1-3-7-25;3-2(4,5)1(6)7/h1-3,6-7,10-13,28-34,61H,4-5,8-9,14-24H2,(H2,47,62)(H2,48,63)(H2,49,64)(H,53,66)(H,54,65)(H,55,69)(H,56,71)(H,57,68)(H,58,67)(H,59,70)(H4,50,51,52);(H,6,7)/t28-,29+,30+,31+,32+,33+,34+;/m1./s1. The maximum Gasteiger partial charge on any atom is 0.490 e. The molecule has 2 aliphatic heterocycles. The Morgan fingerprint density at radius 3 is 1.89 bits per heavy atom. The second-order valence-electron chi connectivity index (χ2n) is 18.1. The minimum Gasteiger partial charge on any atom is -0.508 e. The quantitative estimate of drug-likeness (QED) is 0.0359. The predicted molar refractivity (Wildman–Crippen MR) is 278 cm³/mol. The number of carbonyl (C=O) groups excluding carboxylic acids is 11. The Labute approximate surface area is 459 Å². The molecule has 2 aromatic carbocycles. The van der Waals surface area contributed by atoms with Gasteiger partial charge in [-0.2, -0.15) is 24.9 Å². The van der Waals surface area contributed by atoms with Gasteiger partial charge >= 0.3 is 12.1 Å². The molecule has 2 saturated heterocycles. The van der Waals surface area contributed by atoms with Crippen LogP contribution in [-0.4, -0.2) is 172 Å². The molecule has 2 aliphatic rings. The van der Waals surface area contributed by atoms with Crippen LogP contribution in [0, 0.1) is 0 Å². The number of phenols is 1. The minimum atomic E-state index is -5.08. The van der Waals surface area contributed by atoms with Gasteiger partial charge in [-0.3, -0.25) is 57.7 Å². The molecule has 4 rings (SSSR count). The number of likely N-dealkylation sites (tertiary alicyclic amines) is 1. The van der Waals surface area contributed by atoms with E-state index in [1.807, 2.05) is 0 Å². The molecule has 7 atom stereocenters. The smallest absolute Gasteiger partial charge is 0.490 e. The Balaban J connectivity index is 0.00000224. The number of amides is 11. The van der Waals surface area contributed by atoms with Gasteiger partial charge < -0.3 is 81.0 Å². The molecule has 0 saturated carbocycles. The van der Waals surface area contributed by atoms with Gasteiger partial charge in [-0.25, -0.2) is 4.79 Å². The number of carboxylic acids is 1. The van der Waals surface area contributed by atoms with E-state index in [0.29, 0.717) is 17.5 Å². The minimum absolute atomic E-state index is 0.00687. The monoisotopic (exact) mass is 1150 g/mol. The number of nitrogens with zero attached hydrogens (tertiary/aromatic N) is 2. The summed E-state index contributed by atoms with van der Waals surface area (Å²) in [6, 6.07) is 4.40. The number of nitrogens with two attached hydrogens (primary N) is 5. The molecule has 2 heterocycles. The number of halogens is 3. The fourth-order valence-corrected chi connectivity index (χ4v) is 8.80. The highest BCUT2D eigenvalue weighted by atomic mass is 32.2. The number of benzene rings is 2. The Morgan fingerprint density at radius 2 is 1.31 bits per heavy atom. The third kappa shape index (κ3) is 23.5. The summed E-state index contributed by atoms with van der Waals surface area (Å²) in [6.07, 6.45) is -6.54. The van der Waals surface area contributed by atoms with Crippen molar-refractivity contribution >= 4 is 88.7 Å². The molecule has 80 heavy (non-hydrogen) atoms. The molecule has 19 N–H and O–H groups in total. The first-order chi connectivity index (χ1) is 37.6. The summed E-state index contributed by atoms with van der Waals surface area (Å²) in [6.45, 7) is -0.423. The zero-order chi connectivity index (χ0) is 59.7. The first-order valence-electron chi connectivity index (χ1n) is 24.6. The highest BCUT2D eigenvalue weighted by Gasteiger charge is 2.41. The van der Waals surface area contributed by atoms with Gasteiger partial charge in [-0.1, -0.05) is 42.5 Å². The van der Waals surface area contributed by atoms with E-state index >= 15 is 0 Å². The van der Waals surface area contributed by atoms with Crippen LogP contribution in [0.5, 0.6) is 5.75 Å². The number of carbonyl (C=O) groups is 12. The fourth-order valence-electron chi connectivity index (χ4n) is 7.84. The van der Waals surface area contributed by atoms with Crippen molar-refractivity contribution in [3.63, 3.8) is 0 Å². The summed E-state index contributed by atoms with van der Waals surface area (Å²) in [5.74, 6) is -12.8. The molecule has 2 aromatic rings. The number of aromatic hydroxyl groups is 1. The van der Waals surface area contributed by atoms with Gasteiger partial charge in [0.1, 0.15) is 48.0 Å². The number of nitrogens with one attached hydrogen (secondary N) is 7. The topological polar surface area (TPSA) is 475 Å². The SMILES string of the molecule is NC(=O)CC[C@@H]1NC(=O)[C@H](Cc2ccccc2)NC(=O)[C@H](Cc2ccc(O)cc2)NC(=O)CCSC[C@@H](C(=O)N2CCC[C@H]2C(=O)N[C@H](CCCN=C(N)N)C(=O)NCC(N)=O)NC(=O)[C@H](CC(N)=O)NC1=O.O=C(O)C(F)(F)F. The fraction of sp³-hybridized carbons (Fsp3) is 0.479. The molecule has 28 nitrogen and oxygen atoms in total. The second-order valence-corrected chi connectivity index (χ2v) is 19.3. The van der Waals surface area contributed by atoms with Crippen molar-refractivity contribution in [3.05, 3.63) is 65.7 Å². The zero-order valence-electron chi connectivity index (χ0n) is 43.0. The number of aliphatic imine (C=N–C) groups is 1. The molecule has 32 heteroatoms. The third-order valence-electron chi connectivity index (χ3n) is 11.8. The Bertz CT molecular complexity index is 2580. The van der Waals surface area contributed by atoms with Crippen molar-refractivity contribution in [3.8, 4) is 5.75 Å². The van der Waals surface area contributed by atoms with Crippen molar-refractivity contribution < 1.29 is 80.9 Å². The molecule has 438 valence electrons. The molecule has 11 amide bonds. The predicted octanol–water partition coefficient (Wildman–Crippen LogP) is -4.36. The van der Waals surface area contributed by atoms with Gasteiger partial charge in [0.2, 0.25) is 65.0 Å². The van der Waals surface area contributed by atoms with E-state index in [1.165, 1.54) is 17.0 Å². The van der Waals surface area contributed by atoms with Crippen LogP contribution in [0.15, 0.2) is 59.6 Å². The highest BCUT2D eigenvalue weighted by molar-refractivity contribution is 7.99. The number of thioether (sulfide) groups is 1. The van der Waals surface area contributed by atoms with Crippen molar-refractivity contribution in [1.29, 1.82) is 0 Å². The van der Waals surface area contributed by atoms with Crippen molar-refractivity contribution in [2.75, 3.05) is 31.1 Å². The first-order valence-corrected chi connectivity index (χ1v) is 25.8. The van der Waals surface area contributed by atoms with Gasteiger partial charge in [0.25, 0.3) is 0 Å². The molecule has 2 fully saturated rings. The van der Waals surface area contributed by atoms with E-state index in [4.69, 9.17) is 38.6 Å². The van der Waals surface area contributed by atoms with E-state index in [9.17, 15) is 71.0 Å². The van der Waals surface area contributed by atoms with Crippen LogP contribution in [0.25, 0.3) is 0 Å².